The van der Waals surface area contributed by atoms with Gasteiger partial charge in [-0.05, 0) is 38.4 Å². The molecule has 2 atom stereocenters. The van der Waals surface area contributed by atoms with Crippen LogP contribution in [0.2, 0.25) is 5.02 Å². The first kappa shape index (κ1) is 15.3. The van der Waals surface area contributed by atoms with Crippen LogP contribution in [0.5, 0.6) is 0 Å². The van der Waals surface area contributed by atoms with Crippen molar-refractivity contribution in [2.45, 2.75) is 38.3 Å². The average Bonchev–Trinajstić information content (AvgIpc) is 2.41. The van der Waals surface area contributed by atoms with E-state index in [9.17, 15) is 9.90 Å². The number of halogens is 1. The number of hydrogen-bond acceptors (Lipinski definition) is 3. The van der Waals surface area contributed by atoms with Crippen LogP contribution < -0.4 is 5.32 Å². The molecule has 0 aromatic heterocycles. The minimum Gasteiger partial charge on any atom is -0.392 e. The molecular weight excluding hydrogens is 276 g/mol. The van der Waals surface area contributed by atoms with Gasteiger partial charge < -0.3 is 10.4 Å². The minimum atomic E-state index is -0.414. The van der Waals surface area contributed by atoms with E-state index in [0.29, 0.717) is 17.3 Å². The lowest BCUT2D eigenvalue weighted by molar-refractivity contribution is -0.118. The summed E-state index contributed by atoms with van der Waals surface area (Å²) in [7, 11) is 0. The average molecular weight is 297 g/mol. The van der Waals surface area contributed by atoms with Crippen LogP contribution in [0.15, 0.2) is 24.3 Å². The lowest BCUT2D eigenvalue weighted by atomic mass is 9.98. The van der Waals surface area contributed by atoms with Crippen LogP contribution in [-0.2, 0) is 4.79 Å². The fraction of sp³-hybridized carbons (Fsp3) is 0.533. The van der Waals surface area contributed by atoms with E-state index >= 15 is 0 Å². The van der Waals surface area contributed by atoms with Crippen molar-refractivity contribution in [1.29, 1.82) is 0 Å². The van der Waals surface area contributed by atoms with Gasteiger partial charge in [-0.3, -0.25) is 9.69 Å². The number of para-hydroxylation sites is 1. The lowest BCUT2D eigenvalue weighted by Gasteiger charge is -2.36. The van der Waals surface area contributed by atoms with Crippen molar-refractivity contribution in [3.63, 3.8) is 0 Å². The van der Waals surface area contributed by atoms with Gasteiger partial charge in [-0.25, -0.2) is 0 Å². The molecule has 110 valence electrons. The molecule has 1 aliphatic rings. The molecule has 1 aliphatic heterocycles. The van der Waals surface area contributed by atoms with Crippen molar-refractivity contribution in [3.8, 4) is 0 Å². The maximum Gasteiger partial charge on any atom is 0.238 e. The zero-order chi connectivity index (χ0) is 14.5. The Morgan fingerprint density at radius 3 is 2.95 bits per heavy atom. The second-order valence-electron chi connectivity index (χ2n) is 5.30. The summed E-state index contributed by atoms with van der Waals surface area (Å²) in [6, 6.07) is 7.26. The first-order chi connectivity index (χ1) is 9.58. The number of aliphatic hydroxyl groups is 1. The van der Waals surface area contributed by atoms with Crippen molar-refractivity contribution in [1.82, 2.24) is 4.90 Å². The number of carbonyl (C=O) groups excluding carboxylic acids is 1. The van der Waals surface area contributed by atoms with Gasteiger partial charge in [0.05, 0.1) is 23.4 Å². The molecule has 2 N–H and O–H groups in total. The predicted molar refractivity (Wildman–Crippen MR) is 81.0 cm³/mol. The Hall–Kier alpha value is -1.10. The topological polar surface area (TPSA) is 52.6 Å². The number of rotatable bonds is 4. The molecule has 2 rings (SSSR count). The number of amides is 1. The van der Waals surface area contributed by atoms with Crippen LogP contribution in [-0.4, -0.2) is 41.1 Å². The normalized spacial score (nSPS) is 21.4. The van der Waals surface area contributed by atoms with Gasteiger partial charge in [-0.1, -0.05) is 30.2 Å². The Bertz CT molecular complexity index is 465. The molecule has 1 aromatic carbocycles. The van der Waals surface area contributed by atoms with Gasteiger partial charge in [0.15, 0.2) is 0 Å². The zero-order valence-electron chi connectivity index (χ0n) is 11.7. The Kier molecular flexibility index (Phi) is 5.40. The highest BCUT2D eigenvalue weighted by atomic mass is 35.5. The monoisotopic (exact) mass is 296 g/mol. The number of benzene rings is 1. The van der Waals surface area contributed by atoms with Crippen molar-refractivity contribution in [2.24, 2.45) is 0 Å². The van der Waals surface area contributed by atoms with Crippen molar-refractivity contribution < 1.29 is 9.90 Å². The highest BCUT2D eigenvalue weighted by molar-refractivity contribution is 6.33. The van der Waals surface area contributed by atoms with E-state index in [1.807, 2.05) is 12.1 Å². The Morgan fingerprint density at radius 2 is 2.25 bits per heavy atom. The van der Waals surface area contributed by atoms with E-state index < -0.39 is 6.10 Å². The molecule has 1 fully saturated rings. The third-order valence-electron chi connectivity index (χ3n) is 3.72. The summed E-state index contributed by atoms with van der Waals surface area (Å²) >= 11 is 6.02. The van der Waals surface area contributed by atoms with E-state index in [1.54, 1.807) is 19.1 Å². The highest BCUT2D eigenvalue weighted by Crippen LogP contribution is 2.22. The molecule has 1 saturated heterocycles. The fourth-order valence-corrected chi connectivity index (χ4v) is 2.88. The van der Waals surface area contributed by atoms with Crippen LogP contribution in [0, 0.1) is 0 Å². The molecule has 1 heterocycles. The Labute approximate surface area is 124 Å². The molecule has 0 saturated carbocycles. The summed E-state index contributed by atoms with van der Waals surface area (Å²) in [5.74, 6) is -0.0920. The van der Waals surface area contributed by atoms with Crippen LogP contribution in [0.3, 0.4) is 0 Å². The number of nitrogens with one attached hydrogen (secondary N) is 1. The number of nitrogens with zero attached hydrogens (tertiary/aromatic N) is 1. The summed E-state index contributed by atoms with van der Waals surface area (Å²) in [5.41, 5.74) is 0.629. The van der Waals surface area contributed by atoms with Crippen LogP contribution >= 0.6 is 11.6 Å². The van der Waals surface area contributed by atoms with Gasteiger partial charge in [0.1, 0.15) is 0 Å². The smallest absolute Gasteiger partial charge is 0.238 e. The second kappa shape index (κ2) is 7.07. The molecule has 0 spiro atoms. The zero-order valence-corrected chi connectivity index (χ0v) is 12.4. The quantitative estimate of drug-likeness (QED) is 0.898. The number of likely N-dealkylation sites (tertiary alicyclic amines) is 1. The number of aliphatic hydroxyl groups excluding tert-OH is 1. The van der Waals surface area contributed by atoms with E-state index in [4.69, 9.17) is 11.6 Å². The van der Waals surface area contributed by atoms with E-state index in [-0.39, 0.29) is 11.9 Å². The van der Waals surface area contributed by atoms with Crippen LogP contribution in [0.25, 0.3) is 0 Å². The molecule has 1 amide bonds. The van der Waals surface area contributed by atoms with Gasteiger partial charge in [-0.15, -0.1) is 0 Å². The molecule has 4 nitrogen and oxygen atoms in total. The maximum absolute atomic E-state index is 12.1. The Balaban J connectivity index is 1.95. The molecule has 1 aromatic rings. The summed E-state index contributed by atoms with van der Waals surface area (Å²) in [6.45, 7) is 2.93. The third-order valence-corrected chi connectivity index (χ3v) is 4.05. The molecule has 0 aliphatic carbocycles. The highest BCUT2D eigenvalue weighted by Gasteiger charge is 2.27. The third kappa shape index (κ3) is 3.95. The first-order valence-electron chi connectivity index (χ1n) is 7.04. The van der Waals surface area contributed by atoms with Crippen molar-refractivity contribution in [3.05, 3.63) is 29.3 Å². The fourth-order valence-electron chi connectivity index (χ4n) is 2.70. The Morgan fingerprint density at radius 1 is 1.50 bits per heavy atom. The summed E-state index contributed by atoms with van der Waals surface area (Å²) in [4.78, 5) is 14.2. The second-order valence-corrected chi connectivity index (χ2v) is 5.71. The number of piperidine rings is 1. The van der Waals surface area contributed by atoms with Gasteiger partial charge in [-0.2, -0.15) is 0 Å². The molecule has 0 bridgehead atoms. The van der Waals surface area contributed by atoms with E-state index in [1.165, 1.54) is 0 Å². The summed E-state index contributed by atoms with van der Waals surface area (Å²) in [5, 5.41) is 13.2. The molecule has 0 radical (unpaired) electrons. The van der Waals surface area contributed by atoms with E-state index in [2.05, 4.69) is 10.2 Å². The largest absolute Gasteiger partial charge is 0.392 e. The van der Waals surface area contributed by atoms with Crippen molar-refractivity contribution in [2.75, 3.05) is 18.4 Å². The van der Waals surface area contributed by atoms with Gasteiger partial charge in [0.2, 0.25) is 5.91 Å². The lowest BCUT2D eigenvalue weighted by Crippen LogP contribution is -2.48. The molecular formula is C15H21ClN2O2. The van der Waals surface area contributed by atoms with Gasteiger partial charge >= 0.3 is 0 Å². The molecule has 20 heavy (non-hydrogen) atoms. The number of hydrogen-bond donors (Lipinski definition) is 2. The number of anilines is 1. The van der Waals surface area contributed by atoms with Crippen LogP contribution in [0.4, 0.5) is 5.69 Å². The SMILES string of the molecule is CC(O)C1CCCCN1CC(=O)Nc1ccccc1Cl. The van der Waals surface area contributed by atoms with Gasteiger partial charge in [0, 0.05) is 6.04 Å². The van der Waals surface area contributed by atoms with E-state index in [0.717, 1.165) is 25.8 Å². The standard InChI is InChI=1S/C15H21ClN2O2/c1-11(19)14-8-4-5-9-18(14)10-15(20)17-13-7-3-2-6-12(13)16/h2-3,6-7,11,14,19H,4-5,8-10H2,1H3,(H,17,20). The van der Waals surface area contributed by atoms with Crippen LogP contribution in [0.1, 0.15) is 26.2 Å². The summed E-state index contributed by atoms with van der Waals surface area (Å²) < 4.78 is 0. The minimum absolute atomic E-state index is 0.0701. The van der Waals surface area contributed by atoms with Gasteiger partial charge in [0.25, 0.3) is 0 Å². The maximum atomic E-state index is 12.1. The summed E-state index contributed by atoms with van der Waals surface area (Å²) in [6.07, 6.45) is 2.71. The molecule has 5 heteroatoms. The molecule has 2 unspecified atom stereocenters. The first-order valence-corrected chi connectivity index (χ1v) is 7.42. The van der Waals surface area contributed by atoms with Crippen molar-refractivity contribution >= 4 is 23.2 Å². The number of carbonyl (C=O) groups is 1. The predicted octanol–water partition coefficient (Wildman–Crippen LogP) is 2.51.